The number of carboxylic acid groups (broad SMARTS) is 1. The van der Waals surface area contributed by atoms with E-state index in [-0.39, 0.29) is 5.02 Å². The van der Waals surface area contributed by atoms with Gasteiger partial charge in [0.05, 0.1) is 5.02 Å². The first kappa shape index (κ1) is 11.2. The molecule has 2 rings (SSSR count). The lowest BCUT2D eigenvalue weighted by atomic mass is 10.1. The van der Waals surface area contributed by atoms with Crippen LogP contribution < -0.4 is 4.74 Å². The van der Waals surface area contributed by atoms with Gasteiger partial charge in [0.15, 0.2) is 0 Å². The van der Waals surface area contributed by atoms with Crippen LogP contribution in [0, 0.1) is 11.2 Å². The molecule has 0 aliphatic heterocycles. The Hall–Kier alpha value is -1.29. The normalized spacial score (nSPS) is 27.6. The average molecular weight is 245 g/mol. The smallest absolute Gasteiger partial charge is 0.313 e. The summed E-state index contributed by atoms with van der Waals surface area (Å²) >= 11 is 5.51. The molecular formula is C11H10ClFO3. The van der Waals surface area contributed by atoms with Gasteiger partial charge in [0, 0.05) is 12.5 Å². The lowest BCUT2D eigenvalue weighted by Gasteiger charge is -2.08. The van der Waals surface area contributed by atoms with Crippen molar-refractivity contribution in [3.05, 3.63) is 29.0 Å². The van der Waals surface area contributed by atoms with Gasteiger partial charge in [-0.05, 0) is 19.1 Å². The Labute approximate surface area is 96.8 Å². The molecule has 0 bridgehead atoms. The summed E-state index contributed by atoms with van der Waals surface area (Å²) in [5.74, 6) is -1.17. The van der Waals surface area contributed by atoms with Crippen molar-refractivity contribution in [1.82, 2.24) is 0 Å². The zero-order valence-corrected chi connectivity index (χ0v) is 9.29. The van der Waals surface area contributed by atoms with E-state index in [4.69, 9.17) is 21.4 Å². The molecule has 0 heterocycles. The van der Waals surface area contributed by atoms with Gasteiger partial charge in [-0.1, -0.05) is 11.6 Å². The molecule has 1 aliphatic carbocycles. The number of halogens is 2. The van der Waals surface area contributed by atoms with Crippen LogP contribution in [0.5, 0.6) is 5.75 Å². The minimum atomic E-state index is -0.896. The first-order valence-corrected chi connectivity index (χ1v) is 5.16. The molecule has 0 spiro atoms. The Balaban J connectivity index is 2.07. The molecule has 1 aliphatic rings. The van der Waals surface area contributed by atoms with Gasteiger partial charge < -0.3 is 9.84 Å². The predicted molar refractivity (Wildman–Crippen MR) is 56.2 cm³/mol. The molecule has 3 nitrogen and oxygen atoms in total. The van der Waals surface area contributed by atoms with E-state index in [1.165, 1.54) is 12.1 Å². The second-order valence-corrected chi connectivity index (χ2v) is 4.52. The lowest BCUT2D eigenvalue weighted by Crippen LogP contribution is -2.18. The SMILES string of the molecule is CC1(C(=O)O)CC1Oc1ccc(Cl)c(F)c1. The highest BCUT2D eigenvalue weighted by atomic mass is 35.5. The van der Waals surface area contributed by atoms with E-state index >= 15 is 0 Å². The number of hydrogen-bond donors (Lipinski definition) is 1. The monoisotopic (exact) mass is 244 g/mol. The fourth-order valence-corrected chi connectivity index (χ4v) is 1.55. The molecule has 1 saturated carbocycles. The third kappa shape index (κ3) is 1.85. The number of benzene rings is 1. The molecule has 1 aromatic rings. The Morgan fingerprint density at radius 3 is 2.88 bits per heavy atom. The Bertz CT molecular complexity index is 449. The van der Waals surface area contributed by atoms with Crippen LogP contribution in [-0.4, -0.2) is 17.2 Å². The summed E-state index contributed by atoms with van der Waals surface area (Å²) in [4.78, 5) is 10.8. The van der Waals surface area contributed by atoms with E-state index in [0.29, 0.717) is 12.2 Å². The number of ether oxygens (including phenoxy) is 1. The number of rotatable bonds is 3. The van der Waals surface area contributed by atoms with Crippen molar-refractivity contribution >= 4 is 17.6 Å². The van der Waals surface area contributed by atoms with Crippen molar-refractivity contribution < 1.29 is 19.0 Å². The third-order valence-electron chi connectivity index (χ3n) is 2.82. The molecule has 0 radical (unpaired) electrons. The van der Waals surface area contributed by atoms with Crippen LogP contribution in [0.4, 0.5) is 4.39 Å². The lowest BCUT2D eigenvalue weighted by molar-refractivity contribution is -0.143. The Morgan fingerprint density at radius 1 is 1.69 bits per heavy atom. The average Bonchev–Trinajstić information content (AvgIpc) is 2.85. The van der Waals surface area contributed by atoms with Crippen LogP contribution in [0.3, 0.4) is 0 Å². The zero-order valence-electron chi connectivity index (χ0n) is 8.54. The molecule has 2 atom stereocenters. The van der Waals surface area contributed by atoms with E-state index in [1.54, 1.807) is 6.92 Å². The maximum absolute atomic E-state index is 13.1. The van der Waals surface area contributed by atoms with Gasteiger partial charge in [0.2, 0.25) is 0 Å². The topological polar surface area (TPSA) is 46.5 Å². The largest absolute Gasteiger partial charge is 0.489 e. The molecule has 2 unspecified atom stereocenters. The molecule has 1 N–H and O–H groups in total. The summed E-state index contributed by atoms with van der Waals surface area (Å²) in [6.07, 6.45) is 0.0395. The van der Waals surface area contributed by atoms with Crippen molar-refractivity contribution in [2.75, 3.05) is 0 Å². The van der Waals surface area contributed by atoms with E-state index < -0.39 is 23.3 Å². The van der Waals surface area contributed by atoms with Crippen LogP contribution in [0.1, 0.15) is 13.3 Å². The minimum Gasteiger partial charge on any atom is -0.489 e. The Morgan fingerprint density at radius 2 is 2.38 bits per heavy atom. The molecule has 0 amide bonds. The fraction of sp³-hybridized carbons (Fsp3) is 0.364. The molecule has 1 aromatic carbocycles. The van der Waals surface area contributed by atoms with Gasteiger partial charge in [-0.15, -0.1) is 0 Å². The van der Waals surface area contributed by atoms with Gasteiger partial charge in [0.25, 0.3) is 0 Å². The van der Waals surface area contributed by atoms with Gasteiger partial charge in [-0.2, -0.15) is 0 Å². The van der Waals surface area contributed by atoms with Crippen LogP contribution in [0.25, 0.3) is 0 Å². The fourth-order valence-electron chi connectivity index (χ4n) is 1.44. The zero-order chi connectivity index (χ0) is 11.9. The highest BCUT2D eigenvalue weighted by molar-refractivity contribution is 6.30. The van der Waals surface area contributed by atoms with Crippen molar-refractivity contribution in [2.24, 2.45) is 5.41 Å². The number of carboxylic acids is 1. The van der Waals surface area contributed by atoms with E-state index in [1.807, 2.05) is 0 Å². The Kier molecular flexibility index (Phi) is 2.54. The van der Waals surface area contributed by atoms with Gasteiger partial charge in [-0.25, -0.2) is 4.39 Å². The number of hydrogen-bond acceptors (Lipinski definition) is 2. The quantitative estimate of drug-likeness (QED) is 0.889. The second-order valence-electron chi connectivity index (χ2n) is 4.11. The summed E-state index contributed by atoms with van der Waals surface area (Å²) in [6.45, 7) is 1.60. The molecule has 86 valence electrons. The molecular weight excluding hydrogens is 235 g/mol. The second kappa shape index (κ2) is 3.63. The summed E-state index contributed by atoms with van der Waals surface area (Å²) in [7, 11) is 0. The van der Waals surface area contributed by atoms with E-state index in [2.05, 4.69) is 0 Å². The van der Waals surface area contributed by atoms with Crippen LogP contribution >= 0.6 is 11.6 Å². The molecule has 16 heavy (non-hydrogen) atoms. The summed E-state index contributed by atoms with van der Waals surface area (Å²) in [5.41, 5.74) is -0.851. The minimum absolute atomic E-state index is 0.0177. The van der Waals surface area contributed by atoms with Gasteiger partial charge in [0.1, 0.15) is 23.1 Å². The predicted octanol–water partition coefficient (Wildman–Crippen LogP) is 2.72. The standard InChI is InChI=1S/C11H10ClFO3/c1-11(10(14)15)5-9(11)16-6-2-3-7(12)8(13)4-6/h2-4,9H,5H2,1H3,(H,14,15). The highest BCUT2D eigenvalue weighted by Crippen LogP contribution is 2.48. The third-order valence-corrected chi connectivity index (χ3v) is 3.12. The van der Waals surface area contributed by atoms with E-state index in [9.17, 15) is 9.18 Å². The van der Waals surface area contributed by atoms with Crippen LogP contribution in [0.2, 0.25) is 5.02 Å². The molecule has 0 saturated heterocycles. The van der Waals surface area contributed by atoms with Gasteiger partial charge >= 0.3 is 5.97 Å². The highest BCUT2D eigenvalue weighted by Gasteiger charge is 2.59. The van der Waals surface area contributed by atoms with Crippen molar-refractivity contribution in [1.29, 1.82) is 0 Å². The molecule has 0 aromatic heterocycles. The van der Waals surface area contributed by atoms with Crippen molar-refractivity contribution in [2.45, 2.75) is 19.4 Å². The van der Waals surface area contributed by atoms with Crippen LogP contribution in [0.15, 0.2) is 18.2 Å². The van der Waals surface area contributed by atoms with Gasteiger partial charge in [-0.3, -0.25) is 4.79 Å². The summed E-state index contributed by atoms with van der Waals surface area (Å²) in [6, 6.07) is 4.06. The van der Waals surface area contributed by atoms with Crippen molar-refractivity contribution in [3.8, 4) is 5.75 Å². The summed E-state index contributed by atoms with van der Waals surface area (Å²) < 4.78 is 18.4. The number of carbonyl (C=O) groups is 1. The maximum Gasteiger partial charge on any atom is 0.313 e. The van der Waals surface area contributed by atoms with E-state index in [0.717, 1.165) is 6.07 Å². The maximum atomic E-state index is 13.1. The molecule has 5 heteroatoms. The van der Waals surface area contributed by atoms with Crippen LogP contribution in [-0.2, 0) is 4.79 Å². The van der Waals surface area contributed by atoms with Crippen molar-refractivity contribution in [3.63, 3.8) is 0 Å². The molecule has 1 fully saturated rings. The first-order valence-electron chi connectivity index (χ1n) is 4.78. The first-order chi connectivity index (χ1) is 7.43. The number of aliphatic carboxylic acids is 1. The summed E-state index contributed by atoms with van der Waals surface area (Å²) in [5, 5.41) is 8.90.